The molecule has 1 saturated heterocycles. The topological polar surface area (TPSA) is 87.7 Å². The number of hydrogen-bond donors (Lipinski definition) is 3. The SMILES string of the molecule is CNC(=O)C1(NC(=O)O)COC1. The second-order valence-corrected chi connectivity index (χ2v) is 2.58. The van der Waals surface area contributed by atoms with Gasteiger partial charge in [0.25, 0.3) is 0 Å². The molecule has 68 valence electrons. The summed E-state index contributed by atoms with van der Waals surface area (Å²) in [4.78, 5) is 21.4. The minimum absolute atomic E-state index is 0.0962. The molecule has 0 aromatic heterocycles. The normalized spacial score (nSPS) is 19.1. The van der Waals surface area contributed by atoms with Gasteiger partial charge in [-0.15, -0.1) is 0 Å². The van der Waals surface area contributed by atoms with Crippen LogP contribution in [0.4, 0.5) is 4.79 Å². The third-order valence-corrected chi connectivity index (χ3v) is 1.70. The van der Waals surface area contributed by atoms with E-state index in [1.807, 2.05) is 0 Å². The summed E-state index contributed by atoms with van der Waals surface area (Å²) >= 11 is 0. The van der Waals surface area contributed by atoms with Gasteiger partial charge in [0.1, 0.15) is 0 Å². The summed E-state index contributed by atoms with van der Waals surface area (Å²) in [6, 6.07) is 0. The van der Waals surface area contributed by atoms with Gasteiger partial charge in [-0.2, -0.15) is 0 Å². The quantitative estimate of drug-likeness (QED) is 0.489. The lowest BCUT2D eigenvalue weighted by Gasteiger charge is -2.38. The zero-order chi connectivity index (χ0) is 9.19. The van der Waals surface area contributed by atoms with Gasteiger partial charge in [-0.05, 0) is 0 Å². The molecule has 0 radical (unpaired) electrons. The molecule has 1 aliphatic heterocycles. The maximum absolute atomic E-state index is 11.1. The van der Waals surface area contributed by atoms with Crippen LogP contribution in [0.3, 0.4) is 0 Å². The fourth-order valence-electron chi connectivity index (χ4n) is 1.01. The van der Waals surface area contributed by atoms with Crippen molar-refractivity contribution in [3.8, 4) is 0 Å². The number of ether oxygens (including phenoxy) is 1. The molecule has 0 atom stereocenters. The summed E-state index contributed by atoms with van der Waals surface area (Å²) in [6.45, 7) is 0.192. The Labute approximate surface area is 68.9 Å². The molecule has 0 bridgehead atoms. The molecule has 1 rings (SSSR count). The second-order valence-electron chi connectivity index (χ2n) is 2.58. The van der Waals surface area contributed by atoms with Gasteiger partial charge in [-0.25, -0.2) is 4.79 Å². The first-order valence-electron chi connectivity index (χ1n) is 3.42. The molecule has 0 saturated carbocycles. The van der Waals surface area contributed by atoms with Crippen LogP contribution in [-0.2, 0) is 9.53 Å². The van der Waals surface area contributed by atoms with Gasteiger partial charge >= 0.3 is 6.09 Å². The molecule has 0 aliphatic carbocycles. The number of rotatable bonds is 2. The summed E-state index contributed by atoms with van der Waals surface area (Å²) in [5.41, 5.74) is -1.07. The molecular weight excluding hydrogens is 164 g/mol. The molecule has 6 nitrogen and oxygen atoms in total. The van der Waals surface area contributed by atoms with E-state index in [-0.39, 0.29) is 19.1 Å². The van der Waals surface area contributed by atoms with Crippen molar-refractivity contribution < 1.29 is 19.4 Å². The molecule has 3 N–H and O–H groups in total. The zero-order valence-electron chi connectivity index (χ0n) is 6.59. The van der Waals surface area contributed by atoms with E-state index in [1.54, 1.807) is 0 Å². The van der Waals surface area contributed by atoms with E-state index in [1.165, 1.54) is 7.05 Å². The third-order valence-electron chi connectivity index (χ3n) is 1.70. The van der Waals surface area contributed by atoms with E-state index in [2.05, 4.69) is 10.6 Å². The first-order chi connectivity index (χ1) is 5.60. The molecule has 0 aromatic rings. The Morgan fingerprint density at radius 2 is 2.08 bits per heavy atom. The van der Waals surface area contributed by atoms with E-state index in [0.29, 0.717) is 0 Å². The van der Waals surface area contributed by atoms with Crippen molar-refractivity contribution in [3.63, 3.8) is 0 Å². The van der Waals surface area contributed by atoms with E-state index in [4.69, 9.17) is 9.84 Å². The van der Waals surface area contributed by atoms with Gasteiger partial charge in [0.05, 0.1) is 13.2 Å². The van der Waals surface area contributed by atoms with Crippen molar-refractivity contribution in [2.45, 2.75) is 5.54 Å². The minimum atomic E-state index is -1.22. The Hall–Kier alpha value is -1.30. The average molecular weight is 174 g/mol. The highest BCUT2D eigenvalue weighted by Crippen LogP contribution is 2.16. The number of amides is 2. The van der Waals surface area contributed by atoms with Gasteiger partial charge in [-0.1, -0.05) is 0 Å². The largest absolute Gasteiger partial charge is 0.465 e. The lowest BCUT2D eigenvalue weighted by Crippen LogP contribution is -2.69. The second kappa shape index (κ2) is 2.98. The molecule has 2 amide bonds. The van der Waals surface area contributed by atoms with Crippen molar-refractivity contribution in [1.82, 2.24) is 10.6 Å². The van der Waals surface area contributed by atoms with Crippen LogP contribution in [0, 0.1) is 0 Å². The molecule has 12 heavy (non-hydrogen) atoms. The fraction of sp³-hybridized carbons (Fsp3) is 0.667. The van der Waals surface area contributed by atoms with Crippen molar-refractivity contribution in [2.24, 2.45) is 0 Å². The highest BCUT2D eigenvalue weighted by Gasteiger charge is 2.46. The molecule has 1 aliphatic rings. The lowest BCUT2D eigenvalue weighted by atomic mass is 9.97. The smallest absolute Gasteiger partial charge is 0.405 e. The Kier molecular flexibility index (Phi) is 2.18. The third kappa shape index (κ3) is 1.33. The van der Waals surface area contributed by atoms with Crippen LogP contribution < -0.4 is 10.6 Å². The van der Waals surface area contributed by atoms with Gasteiger partial charge in [0.15, 0.2) is 5.54 Å². The van der Waals surface area contributed by atoms with Crippen LogP contribution in [0.15, 0.2) is 0 Å². The van der Waals surface area contributed by atoms with Crippen LogP contribution in [0.25, 0.3) is 0 Å². The van der Waals surface area contributed by atoms with E-state index < -0.39 is 11.6 Å². The Morgan fingerprint density at radius 3 is 2.33 bits per heavy atom. The fourth-order valence-corrected chi connectivity index (χ4v) is 1.01. The maximum Gasteiger partial charge on any atom is 0.405 e. The number of carbonyl (C=O) groups is 2. The maximum atomic E-state index is 11.1. The summed E-state index contributed by atoms with van der Waals surface area (Å²) in [7, 11) is 1.45. The Morgan fingerprint density at radius 1 is 1.50 bits per heavy atom. The van der Waals surface area contributed by atoms with E-state index >= 15 is 0 Å². The van der Waals surface area contributed by atoms with Crippen molar-refractivity contribution >= 4 is 12.0 Å². The van der Waals surface area contributed by atoms with E-state index in [0.717, 1.165) is 0 Å². The summed E-state index contributed by atoms with van der Waals surface area (Å²) < 4.78 is 4.78. The summed E-state index contributed by atoms with van der Waals surface area (Å²) in [5, 5.41) is 12.9. The first-order valence-corrected chi connectivity index (χ1v) is 3.42. The van der Waals surface area contributed by atoms with E-state index in [9.17, 15) is 9.59 Å². The minimum Gasteiger partial charge on any atom is -0.465 e. The summed E-state index contributed by atoms with van der Waals surface area (Å²) in [6.07, 6.45) is -1.22. The van der Waals surface area contributed by atoms with Crippen LogP contribution in [-0.4, -0.2) is 42.9 Å². The Balaban J connectivity index is 2.62. The van der Waals surface area contributed by atoms with Crippen LogP contribution in [0.1, 0.15) is 0 Å². The van der Waals surface area contributed by atoms with Crippen molar-refractivity contribution in [2.75, 3.05) is 20.3 Å². The summed E-state index contributed by atoms with van der Waals surface area (Å²) in [5.74, 6) is -0.365. The first kappa shape index (κ1) is 8.79. The molecule has 0 spiro atoms. The molecular formula is C6H10N2O4. The molecule has 0 unspecified atom stereocenters. The molecule has 6 heteroatoms. The Bertz CT molecular complexity index is 212. The number of nitrogens with one attached hydrogen (secondary N) is 2. The lowest BCUT2D eigenvalue weighted by molar-refractivity contribution is -0.146. The molecule has 1 fully saturated rings. The highest BCUT2D eigenvalue weighted by molar-refractivity contribution is 5.90. The van der Waals surface area contributed by atoms with Crippen molar-refractivity contribution in [1.29, 1.82) is 0 Å². The standard InChI is InChI=1S/C6H10N2O4/c1-7-4(9)6(2-12-3-6)8-5(10)11/h8H,2-3H2,1H3,(H,7,9)(H,10,11). The van der Waals surface area contributed by atoms with Crippen LogP contribution in [0.5, 0.6) is 0 Å². The highest BCUT2D eigenvalue weighted by atomic mass is 16.5. The molecule has 1 heterocycles. The number of carbonyl (C=O) groups excluding carboxylic acids is 1. The van der Waals surface area contributed by atoms with Crippen molar-refractivity contribution in [3.05, 3.63) is 0 Å². The van der Waals surface area contributed by atoms with Gasteiger partial charge in [0.2, 0.25) is 5.91 Å². The zero-order valence-corrected chi connectivity index (χ0v) is 6.59. The predicted molar refractivity (Wildman–Crippen MR) is 38.8 cm³/mol. The van der Waals surface area contributed by atoms with Gasteiger partial charge < -0.3 is 20.5 Å². The number of likely N-dealkylation sites (N-methyl/N-ethyl adjacent to an activating group) is 1. The van der Waals surface area contributed by atoms with Crippen LogP contribution in [0.2, 0.25) is 0 Å². The predicted octanol–water partition coefficient (Wildman–Crippen LogP) is -1.23. The average Bonchev–Trinajstić information content (AvgIpc) is 1.95. The van der Waals surface area contributed by atoms with Gasteiger partial charge in [-0.3, -0.25) is 4.79 Å². The number of carboxylic acid groups (broad SMARTS) is 1. The molecule has 0 aromatic carbocycles. The van der Waals surface area contributed by atoms with Gasteiger partial charge in [0, 0.05) is 7.05 Å². The number of hydrogen-bond acceptors (Lipinski definition) is 3. The van der Waals surface area contributed by atoms with Crippen LogP contribution >= 0.6 is 0 Å². The monoisotopic (exact) mass is 174 g/mol.